The number of nitrogens with one attached hydrogen (secondary N) is 1. The van der Waals surface area contributed by atoms with Crippen molar-refractivity contribution in [2.24, 2.45) is 0 Å². The zero-order chi connectivity index (χ0) is 15.4. The molecule has 0 saturated heterocycles. The van der Waals surface area contributed by atoms with Gasteiger partial charge in [-0.1, -0.05) is 11.6 Å². The molecule has 0 fully saturated rings. The van der Waals surface area contributed by atoms with Crippen molar-refractivity contribution in [1.29, 1.82) is 0 Å². The van der Waals surface area contributed by atoms with Crippen LogP contribution in [0.4, 0.5) is 20.2 Å². The lowest BCUT2D eigenvalue weighted by molar-refractivity contribution is -0.113. The number of hydrogen-bond acceptors (Lipinski definition) is 3. The highest BCUT2D eigenvalue weighted by Crippen LogP contribution is 2.23. The molecule has 0 heterocycles. The molecule has 0 bridgehead atoms. The third-order valence-electron chi connectivity index (χ3n) is 2.55. The minimum Gasteiger partial charge on any atom is -0.396 e. The normalized spacial score (nSPS) is 10.4. The van der Waals surface area contributed by atoms with E-state index in [1.54, 1.807) is 6.07 Å². The molecule has 0 aliphatic carbocycles. The van der Waals surface area contributed by atoms with Crippen LogP contribution in [-0.4, -0.2) is 11.7 Å². The van der Waals surface area contributed by atoms with Crippen molar-refractivity contribution in [3.05, 3.63) is 53.1 Å². The van der Waals surface area contributed by atoms with Crippen LogP contribution in [0.25, 0.3) is 0 Å². The molecule has 2 aromatic rings. The summed E-state index contributed by atoms with van der Waals surface area (Å²) < 4.78 is 26.2. The zero-order valence-electron chi connectivity index (χ0n) is 10.7. The third kappa shape index (κ3) is 4.34. The fraction of sp³-hybridized carbons (Fsp3) is 0.0714. The lowest BCUT2D eigenvalue weighted by atomic mass is 10.3. The molecule has 0 atom stereocenters. The Bertz CT molecular complexity index is 682. The number of amides is 1. The number of nitrogens with two attached hydrogens (primary N) is 1. The topological polar surface area (TPSA) is 55.1 Å². The molecule has 0 radical (unpaired) electrons. The minimum absolute atomic E-state index is 0.0600. The summed E-state index contributed by atoms with van der Waals surface area (Å²) in [5.74, 6) is -1.30. The van der Waals surface area contributed by atoms with Gasteiger partial charge in [-0.05, 0) is 36.4 Å². The number of carbonyl (C=O) groups excluding carboxylic acids is 1. The first kappa shape index (κ1) is 15.6. The Hall–Kier alpha value is -1.79. The smallest absolute Gasteiger partial charge is 0.234 e. The van der Waals surface area contributed by atoms with E-state index in [1.165, 1.54) is 30.3 Å². The molecule has 0 aliphatic rings. The van der Waals surface area contributed by atoms with Gasteiger partial charge >= 0.3 is 0 Å². The second-order valence-corrected chi connectivity index (χ2v) is 5.61. The van der Waals surface area contributed by atoms with Crippen LogP contribution in [0.3, 0.4) is 0 Å². The molecule has 1 amide bonds. The first-order valence-corrected chi connectivity index (χ1v) is 7.25. The highest BCUT2D eigenvalue weighted by atomic mass is 35.5. The van der Waals surface area contributed by atoms with Crippen LogP contribution in [0.15, 0.2) is 41.3 Å². The third-order valence-corrected chi connectivity index (χ3v) is 3.83. The molecule has 21 heavy (non-hydrogen) atoms. The van der Waals surface area contributed by atoms with E-state index < -0.39 is 11.6 Å². The Morgan fingerprint density at radius 2 is 1.95 bits per heavy atom. The average molecular weight is 329 g/mol. The monoisotopic (exact) mass is 328 g/mol. The van der Waals surface area contributed by atoms with Crippen LogP contribution >= 0.6 is 23.4 Å². The molecule has 7 heteroatoms. The van der Waals surface area contributed by atoms with Gasteiger partial charge in [0.05, 0.1) is 16.5 Å². The van der Waals surface area contributed by atoms with Crippen molar-refractivity contribution in [2.45, 2.75) is 4.90 Å². The fourth-order valence-electron chi connectivity index (χ4n) is 1.52. The van der Waals surface area contributed by atoms with E-state index >= 15 is 0 Å². The van der Waals surface area contributed by atoms with Crippen molar-refractivity contribution in [1.82, 2.24) is 0 Å². The molecule has 110 valence electrons. The molecular formula is C14H11ClF2N2OS. The van der Waals surface area contributed by atoms with Crippen LogP contribution in [0.5, 0.6) is 0 Å². The maximum atomic E-state index is 13.2. The Morgan fingerprint density at radius 3 is 2.62 bits per heavy atom. The van der Waals surface area contributed by atoms with E-state index in [4.69, 9.17) is 17.3 Å². The molecule has 3 nitrogen and oxygen atoms in total. The highest BCUT2D eigenvalue weighted by molar-refractivity contribution is 8.00. The largest absolute Gasteiger partial charge is 0.396 e. The van der Waals surface area contributed by atoms with Gasteiger partial charge in [-0.2, -0.15) is 0 Å². The number of nitrogen functional groups attached to an aromatic ring is 1. The Kier molecular flexibility index (Phi) is 5.03. The van der Waals surface area contributed by atoms with Gasteiger partial charge < -0.3 is 11.1 Å². The number of carbonyl (C=O) groups is 1. The predicted molar refractivity (Wildman–Crippen MR) is 81.6 cm³/mol. The standard InChI is InChI=1S/C14H11ClF2N2OS/c15-10-5-8(1-3-11(10)16)19-14(20)7-21-9-2-4-13(18)12(17)6-9/h1-6H,7,18H2,(H,19,20). The quantitative estimate of drug-likeness (QED) is 0.660. The summed E-state index contributed by atoms with van der Waals surface area (Å²) in [5.41, 5.74) is 5.83. The molecule has 0 saturated carbocycles. The summed E-state index contributed by atoms with van der Waals surface area (Å²) in [5, 5.41) is 2.51. The molecule has 0 unspecified atom stereocenters. The van der Waals surface area contributed by atoms with E-state index in [2.05, 4.69) is 5.32 Å². The lowest BCUT2D eigenvalue weighted by Gasteiger charge is -2.06. The van der Waals surface area contributed by atoms with Crippen molar-refractivity contribution < 1.29 is 13.6 Å². The first-order chi connectivity index (χ1) is 9.95. The number of benzene rings is 2. The molecule has 0 aliphatic heterocycles. The van der Waals surface area contributed by atoms with E-state index in [0.29, 0.717) is 10.6 Å². The van der Waals surface area contributed by atoms with E-state index in [9.17, 15) is 13.6 Å². The zero-order valence-corrected chi connectivity index (χ0v) is 12.3. The number of anilines is 2. The number of hydrogen-bond donors (Lipinski definition) is 2. The lowest BCUT2D eigenvalue weighted by Crippen LogP contribution is -2.14. The first-order valence-electron chi connectivity index (χ1n) is 5.88. The molecule has 0 spiro atoms. The van der Waals surface area contributed by atoms with Gasteiger partial charge in [-0.25, -0.2) is 8.78 Å². The van der Waals surface area contributed by atoms with Gasteiger partial charge in [0.1, 0.15) is 11.6 Å². The van der Waals surface area contributed by atoms with Crippen LogP contribution < -0.4 is 11.1 Å². The summed E-state index contributed by atoms with van der Waals surface area (Å²) in [4.78, 5) is 12.3. The van der Waals surface area contributed by atoms with Gasteiger partial charge in [0.15, 0.2) is 0 Å². The van der Waals surface area contributed by atoms with Crippen LogP contribution in [0.1, 0.15) is 0 Å². The summed E-state index contributed by atoms with van der Waals surface area (Å²) in [6.45, 7) is 0. The van der Waals surface area contributed by atoms with Crippen molar-refractivity contribution in [3.63, 3.8) is 0 Å². The van der Waals surface area contributed by atoms with Crippen molar-refractivity contribution >= 4 is 40.6 Å². The van der Waals surface area contributed by atoms with Gasteiger partial charge in [0.25, 0.3) is 0 Å². The second kappa shape index (κ2) is 6.78. The number of rotatable bonds is 4. The van der Waals surface area contributed by atoms with E-state index in [-0.39, 0.29) is 22.4 Å². The summed E-state index contributed by atoms with van der Waals surface area (Å²) in [7, 11) is 0. The van der Waals surface area contributed by atoms with Crippen LogP contribution in [0, 0.1) is 11.6 Å². The summed E-state index contributed by atoms with van der Waals surface area (Å²) in [6, 6.07) is 8.23. The Balaban J connectivity index is 1.92. The summed E-state index contributed by atoms with van der Waals surface area (Å²) >= 11 is 6.78. The molecule has 2 aromatic carbocycles. The van der Waals surface area contributed by atoms with Gasteiger partial charge in [0, 0.05) is 10.6 Å². The van der Waals surface area contributed by atoms with Crippen molar-refractivity contribution in [3.8, 4) is 0 Å². The second-order valence-electron chi connectivity index (χ2n) is 4.15. The molecule has 3 N–H and O–H groups in total. The molecule has 2 rings (SSSR count). The minimum atomic E-state index is -0.554. The number of thioether (sulfide) groups is 1. The fourth-order valence-corrected chi connectivity index (χ4v) is 2.42. The van der Waals surface area contributed by atoms with Gasteiger partial charge in [-0.15, -0.1) is 11.8 Å². The van der Waals surface area contributed by atoms with Crippen molar-refractivity contribution in [2.75, 3.05) is 16.8 Å². The average Bonchev–Trinajstić information content (AvgIpc) is 2.44. The van der Waals surface area contributed by atoms with E-state index in [1.807, 2.05) is 0 Å². The maximum absolute atomic E-state index is 13.2. The number of halogens is 3. The molecular weight excluding hydrogens is 318 g/mol. The highest BCUT2D eigenvalue weighted by Gasteiger charge is 2.07. The Labute approximate surface area is 129 Å². The maximum Gasteiger partial charge on any atom is 0.234 e. The van der Waals surface area contributed by atoms with Gasteiger partial charge in [-0.3, -0.25) is 4.79 Å². The van der Waals surface area contributed by atoms with Crippen LogP contribution in [-0.2, 0) is 4.79 Å². The van der Waals surface area contributed by atoms with Gasteiger partial charge in [0.2, 0.25) is 5.91 Å². The molecule has 0 aromatic heterocycles. The summed E-state index contributed by atoms with van der Waals surface area (Å²) in [6.07, 6.45) is 0. The van der Waals surface area contributed by atoms with Crippen LogP contribution in [0.2, 0.25) is 5.02 Å². The predicted octanol–water partition coefficient (Wildman–Crippen LogP) is 3.93. The van der Waals surface area contributed by atoms with E-state index in [0.717, 1.165) is 11.8 Å². The SMILES string of the molecule is Nc1ccc(SCC(=O)Nc2ccc(F)c(Cl)c2)cc1F. The Morgan fingerprint density at radius 1 is 1.19 bits per heavy atom.